The van der Waals surface area contributed by atoms with Gasteiger partial charge in [0.05, 0.1) is 44.9 Å². The Kier molecular flexibility index (Phi) is 7.10. The molecule has 50 heavy (non-hydrogen) atoms. The van der Waals surface area contributed by atoms with E-state index in [1.54, 1.807) is 24.4 Å². The predicted octanol–water partition coefficient (Wildman–Crippen LogP) is 7.03. The van der Waals surface area contributed by atoms with Gasteiger partial charge in [-0.1, -0.05) is 12.1 Å². The number of H-pyrrole nitrogens is 1. The van der Waals surface area contributed by atoms with Crippen molar-refractivity contribution in [3.05, 3.63) is 116 Å². The maximum Gasteiger partial charge on any atom is 0.434 e. The topological polar surface area (TPSA) is 141 Å². The number of nitrogens with zero attached hydrogens (tertiary/aromatic N) is 5. The van der Waals surface area contributed by atoms with Crippen LogP contribution in [0, 0.1) is 23.0 Å². The first-order valence-corrected chi connectivity index (χ1v) is 17.2. The van der Waals surface area contributed by atoms with Crippen LogP contribution >= 0.6 is 11.3 Å². The third kappa shape index (κ3) is 4.89. The van der Waals surface area contributed by atoms with Gasteiger partial charge in [-0.05, 0) is 97.0 Å². The number of aromatic nitrogens is 4. The zero-order valence-electron chi connectivity index (χ0n) is 26.4. The molecule has 9 rings (SSSR count). The number of aromatic amines is 1. The molecule has 10 nitrogen and oxygen atoms in total. The molecule has 6 aromatic rings. The first-order chi connectivity index (χ1) is 24.4. The highest BCUT2D eigenvalue weighted by Crippen LogP contribution is 2.50. The van der Waals surface area contributed by atoms with Crippen molar-refractivity contribution in [3.63, 3.8) is 0 Å². The van der Waals surface area contributed by atoms with Crippen molar-refractivity contribution in [2.75, 3.05) is 11.9 Å². The van der Waals surface area contributed by atoms with Gasteiger partial charge >= 0.3 is 5.76 Å². The Balaban J connectivity index is 1.20. The van der Waals surface area contributed by atoms with E-state index in [0.29, 0.717) is 66.1 Å². The predicted molar refractivity (Wildman–Crippen MR) is 182 cm³/mol. The lowest BCUT2D eigenvalue weighted by molar-refractivity contribution is 0.0776. The lowest BCUT2D eigenvalue weighted by Gasteiger charge is -2.16. The minimum Gasteiger partial charge on any atom is -0.388 e. The average Bonchev–Trinajstić information content (AvgIpc) is 3.96. The number of thiophene rings is 1. The molecule has 0 saturated carbocycles. The number of nitriles is 1. The van der Waals surface area contributed by atoms with Gasteiger partial charge < -0.3 is 14.6 Å². The second-order valence-corrected chi connectivity index (χ2v) is 13.9. The fraction of sp³-hybridized carbons (Fsp3) is 0.243. The van der Waals surface area contributed by atoms with Crippen LogP contribution in [0.5, 0.6) is 0 Å². The smallest absolute Gasteiger partial charge is 0.388 e. The van der Waals surface area contributed by atoms with Gasteiger partial charge in [0, 0.05) is 23.2 Å². The standard InChI is InChI=1S/C37H27F2N7O3S/c38-22-7-3-18(4-8-22)5-9-26-29(35-44-45-37(48)49-35)30(31-32(42-26)27-2-1-13-46(27)36(31)47)28-15-20-11-12-41-34(33(20)50-28)43-25-10-6-19-14-21(17-40)24(39)16-23(19)25/h3-4,7-8,11-12,14-16,25,27H,1-2,5-6,9-10,13H2,(H,41,43)(H,45,48)/t25-,27-/m1/s1. The normalized spacial score (nSPS) is 17.6. The fourth-order valence-corrected chi connectivity index (χ4v) is 8.84. The quantitative estimate of drug-likeness (QED) is 0.182. The number of fused-ring (bicyclic) bond motifs is 5. The van der Waals surface area contributed by atoms with Crippen LogP contribution in [0.4, 0.5) is 14.6 Å². The number of halogens is 2. The molecule has 6 heterocycles. The zero-order chi connectivity index (χ0) is 34.1. The monoisotopic (exact) mass is 687 g/mol. The summed E-state index contributed by atoms with van der Waals surface area (Å²) in [5, 5.41) is 20.3. The summed E-state index contributed by atoms with van der Waals surface area (Å²) in [6.45, 7) is 0.626. The first kappa shape index (κ1) is 30.3. The number of carbonyl (C=O) groups excluding carboxylic acids is 1. The summed E-state index contributed by atoms with van der Waals surface area (Å²) in [7, 11) is 0. The molecule has 1 saturated heterocycles. The summed E-state index contributed by atoms with van der Waals surface area (Å²) in [6, 6.07) is 14.8. The summed E-state index contributed by atoms with van der Waals surface area (Å²) in [4.78, 5) is 38.9. The van der Waals surface area contributed by atoms with Gasteiger partial charge in [-0.3, -0.25) is 9.78 Å². The van der Waals surface area contributed by atoms with Gasteiger partial charge in [0.1, 0.15) is 23.5 Å². The summed E-state index contributed by atoms with van der Waals surface area (Å²) < 4.78 is 34.8. The number of anilines is 1. The van der Waals surface area contributed by atoms with Crippen molar-refractivity contribution in [3.8, 4) is 28.0 Å². The van der Waals surface area contributed by atoms with Crippen molar-refractivity contribution in [1.82, 2.24) is 25.1 Å². The van der Waals surface area contributed by atoms with Crippen LogP contribution in [0.1, 0.15) is 75.3 Å². The molecule has 3 aliphatic rings. The molecule has 2 aliphatic heterocycles. The van der Waals surface area contributed by atoms with E-state index in [-0.39, 0.29) is 35.3 Å². The fourth-order valence-electron chi connectivity index (χ4n) is 7.68. The minimum absolute atomic E-state index is 0.0320. The molecule has 0 radical (unpaired) electrons. The summed E-state index contributed by atoms with van der Waals surface area (Å²) >= 11 is 1.45. The van der Waals surface area contributed by atoms with Gasteiger partial charge in [-0.15, -0.1) is 16.4 Å². The second kappa shape index (κ2) is 11.7. The largest absolute Gasteiger partial charge is 0.434 e. The average molecular weight is 688 g/mol. The van der Waals surface area contributed by atoms with Crippen LogP contribution in [0.2, 0.25) is 0 Å². The Morgan fingerprint density at radius 1 is 1.06 bits per heavy atom. The maximum absolute atomic E-state index is 14.7. The highest BCUT2D eigenvalue weighted by molar-refractivity contribution is 7.23. The highest BCUT2D eigenvalue weighted by Gasteiger charge is 2.45. The van der Waals surface area contributed by atoms with Gasteiger partial charge in [0.25, 0.3) is 11.8 Å². The van der Waals surface area contributed by atoms with E-state index in [0.717, 1.165) is 44.5 Å². The molecule has 0 unspecified atom stereocenters. The van der Waals surface area contributed by atoms with Crippen molar-refractivity contribution >= 4 is 33.1 Å². The Morgan fingerprint density at radius 3 is 2.72 bits per heavy atom. The SMILES string of the molecule is N#Cc1cc2c(cc1F)[C@H](Nc1nccc3cc(-c4c5c(nc(CCc6ccc(F)cc6)c4-c4n[nH]c(=O)o4)[C@H]4CCCN4C5=O)sc13)CC2. The third-order valence-corrected chi connectivity index (χ3v) is 11.2. The highest BCUT2D eigenvalue weighted by atomic mass is 32.1. The lowest BCUT2D eigenvalue weighted by atomic mass is 9.93. The molecular weight excluding hydrogens is 661 g/mol. The molecule has 248 valence electrons. The van der Waals surface area contributed by atoms with Crippen molar-refractivity contribution in [2.45, 2.75) is 50.6 Å². The van der Waals surface area contributed by atoms with Gasteiger partial charge in [0.15, 0.2) is 0 Å². The van der Waals surface area contributed by atoms with Crippen molar-refractivity contribution in [2.24, 2.45) is 0 Å². The number of carbonyl (C=O) groups is 1. The molecule has 4 aromatic heterocycles. The number of aryl methyl sites for hydroxylation is 3. The van der Waals surface area contributed by atoms with Crippen LogP contribution in [0.15, 0.2) is 63.9 Å². The third-order valence-electron chi connectivity index (χ3n) is 9.98. The molecule has 1 amide bonds. The van der Waals surface area contributed by atoms with Gasteiger partial charge in [-0.2, -0.15) is 5.26 Å². The van der Waals surface area contributed by atoms with E-state index in [1.165, 1.54) is 29.5 Å². The van der Waals surface area contributed by atoms with Crippen molar-refractivity contribution in [1.29, 1.82) is 5.26 Å². The van der Waals surface area contributed by atoms with Gasteiger partial charge in [-0.25, -0.2) is 23.7 Å². The van der Waals surface area contributed by atoms with E-state index in [9.17, 15) is 23.6 Å². The van der Waals surface area contributed by atoms with E-state index >= 15 is 0 Å². The number of nitrogens with one attached hydrogen (secondary N) is 2. The molecule has 1 aliphatic carbocycles. The molecule has 2 aromatic carbocycles. The van der Waals surface area contributed by atoms with Crippen LogP contribution in [0.25, 0.3) is 32.0 Å². The number of hydrogen-bond acceptors (Lipinski definition) is 9. The zero-order valence-corrected chi connectivity index (χ0v) is 27.2. The number of rotatable bonds is 7. The number of benzene rings is 2. The maximum atomic E-state index is 14.7. The molecule has 2 atom stereocenters. The van der Waals surface area contributed by atoms with E-state index in [4.69, 9.17) is 9.40 Å². The van der Waals surface area contributed by atoms with Crippen molar-refractivity contribution < 1.29 is 18.0 Å². The first-order valence-electron chi connectivity index (χ1n) is 16.4. The number of amides is 1. The summed E-state index contributed by atoms with van der Waals surface area (Å²) in [5.74, 6) is -1.08. The van der Waals surface area contributed by atoms with E-state index < -0.39 is 11.6 Å². The number of hydrogen-bond donors (Lipinski definition) is 2. The van der Waals surface area contributed by atoms with Crippen LogP contribution < -0.4 is 11.1 Å². The van der Waals surface area contributed by atoms with Gasteiger partial charge in [0.2, 0.25) is 0 Å². The molecule has 0 spiro atoms. The Bertz CT molecular complexity index is 2460. The Morgan fingerprint density at radius 2 is 1.92 bits per heavy atom. The Labute approximate surface area is 287 Å². The molecular formula is C37H27F2N7O3S. The second-order valence-electron chi connectivity index (χ2n) is 12.8. The lowest BCUT2D eigenvalue weighted by Crippen LogP contribution is -2.22. The molecule has 0 bridgehead atoms. The van der Waals surface area contributed by atoms with E-state index in [1.807, 2.05) is 23.1 Å². The molecule has 1 fully saturated rings. The van der Waals surface area contributed by atoms with E-state index in [2.05, 4.69) is 20.5 Å². The number of pyridine rings is 2. The minimum atomic E-state index is -0.731. The molecule has 13 heteroatoms. The summed E-state index contributed by atoms with van der Waals surface area (Å²) in [5.41, 5.74) is 5.54. The summed E-state index contributed by atoms with van der Waals surface area (Å²) in [6.07, 6.45) is 5.74. The van der Waals surface area contributed by atoms with Crippen LogP contribution in [0.3, 0.4) is 0 Å². The van der Waals surface area contributed by atoms with Crippen LogP contribution in [-0.4, -0.2) is 37.5 Å². The Hall–Kier alpha value is -5.74. The van der Waals surface area contributed by atoms with Crippen LogP contribution in [-0.2, 0) is 19.3 Å². The molecule has 2 N–H and O–H groups in total.